The van der Waals surface area contributed by atoms with Crippen LogP contribution >= 0.6 is 0 Å². The molecule has 1 atom stereocenters. The number of ether oxygens (including phenoxy) is 3. The van der Waals surface area contributed by atoms with Crippen LogP contribution in [0.2, 0.25) is 0 Å². The Kier molecular flexibility index (Phi) is 30.3. The first-order valence-corrected chi connectivity index (χ1v) is 19.0. The molecule has 5 N–H and O–H groups in total. The minimum absolute atomic E-state index is 0.00659. The summed E-state index contributed by atoms with van der Waals surface area (Å²) in [4.78, 5) is 61.6. The number of nitrogens with one attached hydrogen (secondary N) is 5. The average molecular weight is 724 g/mol. The van der Waals surface area contributed by atoms with Crippen molar-refractivity contribution in [2.75, 3.05) is 52.6 Å². The van der Waals surface area contributed by atoms with Crippen molar-refractivity contribution in [3.05, 3.63) is 24.3 Å². The maximum atomic E-state index is 12.9. The lowest BCUT2D eigenvalue weighted by molar-refractivity contribution is -0.124. The van der Waals surface area contributed by atoms with E-state index in [1.54, 1.807) is 20.8 Å². The lowest BCUT2D eigenvalue weighted by Gasteiger charge is -2.23. The van der Waals surface area contributed by atoms with Crippen LogP contribution in [0.5, 0.6) is 0 Å². The fourth-order valence-electron chi connectivity index (χ4n) is 4.50. The van der Waals surface area contributed by atoms with Gasteiger partial charge in [-0.15, -0.1) is 0 Å². The Morgan fingerprint density at radius 2 is 0.961 bits per heavy atom. The van der Waals surface area contributed by atoms with Gasteiger partial charge in [0.25, 0.3) is 0 Å². The second-order valence-electron chi connectivity index (χ2n) is 13.3. The van der Waals surface area contributed by atoms with Crippen molar-refractivity contribution in [2.24, 2.45) is 0 Å². The van der Waals surface area contributed by atoms with Crippen molar-refractivity contribution in [1.29, 1.82) is 0 Å². The molecule has 13 nitrogen and oxygen atoms in total. The van der Waals surface area contributed by atoms with Crippen molar-refractivity contribution < 1.29 is 38.2 Å². The van der Waals surface area contributed by atoms with Gasteiger partial charge in [-0.3, -0.25) is 19.2 Å². The Balaban J connectivity index is 4.27. The molecule has 5 amide bonds. The topological polar surface area (TPSA) is 173 Å². The monoisotopic (exact) mass is 724 g/mol. The van der Waals surface area contributed by atoms with E-state index in [1.165, 1.54) is 25.7 Å². The minimum Gasteiger partial charge on any atom is -0.444 e. The van der Waals surface area contributed by atoms with Gasteiger partial charge in [0.1, 0.15) is 11.6 Å². The SMILES string of the molecule is CCCC/C=C\CCCC(=O)NCCOCCNC(=O)CC[C@H](NC(=O)OC(C)(C)C)C(=O)NCCOCCNC(=O)CCC/C=C\CCCC. The van der Waals surface area contributed by atoms with Crippen LogP contribution in [0.3, 0.4) is 0 Å². The quantitative estimate of drug-likeness (QED) is 0.0492. The molecule has 0 bridgehead atoms. The van der Waals surface area contributed by atoms with Crippen LogP contribution in [-0.2, 0) is 33.4 Å². The van der Waals surface area contributed by atoms with Crippen molar-refractivity contribution in [2.45, 2.75) is 136 Å². The largest absolute Gasteiger partial charge is 0.444 e. The second-order valence-corrected chi connectivity index (χ2v) is 13.3. The van der Waals surface area contributed by atoms with Gasteiger partial charge >= 0.3 is 6.09 Å². The maximum Gasteiger partial charge on any atom is 0.408 e. The predicted octanol–water partition coefficient (Wildman–Crippen LogP) is 4.99. The number of allylic oxidation sites excluding steroid dienone is 4. The zero-order chi connectivity index (χ0) is 38.0. The normalized spacial score (nSPS) is 12.1. The van der Waals surface area contributed by atoms with E-state index in [0.29, 0.717) is 39.1 Å². The molecule has 0 unspecified atom stereocenters. The molecule has 13 heteroatoms. The molecule has 0 radical (unpaired) electrons. The highest BCUT2D eigenvalue weighted by atomic mass is 16.6. The van der Waals surface area contributed by atoms with Gasteiger partial charge in [0.05, 0.1) is 26.4 Å². The van der Waals surface area contributed by atoms with Crippen LogP contribution in [0.15, 0.2) is 24.3 Å². The van der Waals surface area contributed by atoms with Gasteiger partial charge < -0.3 is 40.8 Å². The molecule has 0 aromatic rings. The predicted molar refractivity (Wildman–Crippen MR) is 201 cm³/mol. The number of hydrogen-bond donors (Lipinski definition) is 5. The van der Waals surface area contributed by atoms with E-state index < -0.39 is 23.6 Å². The number of carbonyl (C=O) groups is 5. The second kappa shape index (κ2) is 32.5. The van der Waals surface area contributed by atoms with E-state index in [-0.39, 0.29) is 56.9 Å². The van der Waals surface area contributed by atoms with Gasteiger partial charge in [-0.25, -0.2) is 4.79 Å². The summed E-state index contributed by atoms with van der Waals surface area (Å²) >= 11 is 0. The Bertz CT molecular complexity index is 1010. The van der Waals surface area contributed by atoms with Gasteiger partial charge in [0.2, 0.25) is 23.6 Å². The van der Waals surface area contributed by atoms with Crippen molar-refractivity contribution in [1.82, 2.24) is 26.6 Å². The highest BCUT2D eigenvalue weighted by Crippen LogP contribution is 2.08. The lowest BCUT2D eigenvalue weighted by atomic mass is 10.1. The summed E-state index contributed by atoms with van der Waals surface area (Å²) in [5, 5.41) is 13.7. The standard InChI is InChI=1S/C38H69N5O8/c1-6-8-10-12-14-16-18-20-33(44)39-24-28-49-30-26-41-35(46)23-22-32(43-37(48)51-38(3,4)5)36(47)42-27-31-50-29-25-40-34(45)21-19-17-15-13-11-9-7-2/h12-15,32H,6-11,16-31H2,1-5H3,(H,39,44)(H,40,45)(H,41,46)(H,42,47)(H,43,48)/b14-12-,15-13-/t32-/m0/s1. The summed E-state index contributed by atoms with van der Waals surface area (Å²) in [6.45, 7) is 11.8. The third kappa shape index (κ3) is 33.5. The summed E-state index contributed by atoms with van der Waals surface area (Å²) in [5.41, 5.74) is -0.759. The molecule has 0 aliphatic heterocycles. The fourth-order valence-corrected chi connectivity index (χ4v) is 4.50. The zero-order valence-electron chi connectivity index (χ0n) is 32.2. The first kappa shape index (κ1) is 47.5. The minimum atomic E-state index is -0.997. The zero-order valence-corrected chi connectivity index (χ0v) is 32.2. The van der Waals surface area contributed by atoms with E-state index in [0.717, 1.165) is 38.5 Å². The van der Waals surface area contributed by atoms with Crippen LogP contribution < -0.4 is 26.6 Å². The number of amides is 5. The van der Waals surface area contributed by atoms with E-state index in [2.05, 4.69) is 64.7 Å². The summed E-state index contributed by atoms with van der Waals surface area (Å²) in [6.07, 6.45) is 19.1. The molecule has 0 heterocycles. The van der Waals surface area contributed by atoms with E-state index in [1.807, 2.05) is 0 Å². The Hall–Kier alpha value is -3.45. The fraction of sp³-hybridized carbons (Fsp3) is 0.763. The number of hydrogen-bond acceptors (Lipinski definition) is 8. The number of unbranched alkanes of at least 4 members (excludes halogenated alkanes) is 6. The molecule has 0 saturated carbocycles. The smallest absolute Gasteiger partial charge is 0.408 e. The lowest BCUT2D eigenvalue weighted by Crippen LogP contribution is -2.49. The molecule has 0 aliphatic carbocycles. The molecule has 51 heavy (non-hydrogen) atoms. The van der Waals surface area contributed by atoms with Crippen molar-refractivity contribution in [3.63, 3.8) is 0 Å². The van der Waals surface area contributed by atoms with Crippen molar-refractivity contribution in [3.8, 4) is 0 Å². The Morgan fingerprint density at radius 3 is 1.37 bits per heavy atom. The highest BCUT2D eigenvalue weighted by molar-refractivity contribution is 5.86. The molecule has 0 aromatic carbocycles. The molecule has 0 fully saturated rings. The summed E-state index contributed by atoms with van der Waals surface area (Å²) < 4.78 is 16.3. The molecule has 0 aromatic heterocycles. The number of carbonyl (C=O) groups excluding carboxylic acids is 5. The molecule has 0 aliphatic rings. The summed E-state index contributed by atoms with van der Waals surface area (Å²) in [6, 6.07) is -0.997. The van der Waals surface area contributed by atoms with Crippen LogP contribution in [-0.4, -0.2) is 94.0 Å². The highest BCUT2D eigenvalue weighted by Gasteiger charge is 2.25. The van der Waals surface area contributed by atoms with E-state index >= 15 is 0 Å². The molecule has 294 valence electrons. The third-order valence-electron chi connectivity index (χ3n) is 7.25. The Morgan fingerprint density at radius 1 is 0.569 bits per heavy atom. The van der Waals surface area contributed by atoms with Crippen LogP contribution in [0.4, 0.5) is 4.79 Å². The first-order valence-electron chi connectivity index (χ1n) is 19.0. The van der Waals surface area contributed by atoms with Crippen LogP contribution in [0.1, 0.15) is 125 Å². The molecule has 0 saturated heterocycles. The molecule has 0 rings (SSSR count). The van der Waals surface area contributed by atoms with Gasteiger partial charge in [0.15, 0.2) is 0 Å². The van der Waals surface area contributed by atoms with Gasteiger partial charge in [-0.1, -0.05) is 63.8 Å². The molecular weight excluding hydrogens is 654 g/mol. The van der Waals surface area contributed by atoms with Gasteiger partial charge in [-0.2, -0.15) is 0 Å². The summed E-state index contributed by atoms with van der Waals surface area (Å²) in [5.74, 6) is -0.793. The van der Waals surface area contributed by atoms with Crippen LogP contribution in [0, 0.1) is 0 Å². The van der Waals surface area contributed by atoms with E-state index in [9.17, 15) is 24.0 Å². The van der Waals surface area contributed by atoms with Gasteiger partial charge in [0, 0.05) is 45.4 Å². The number of alkyl carbamates (subject to hydrolysis) is 1. The van der Waals surface area contributed by atoms with E-state index in [4.69, 9.17) is 14.2 Å². The Labute approximate surface area is 307 Å². The number of rotatable bonds is 31. The molecule has 0 spiro atoms. The van der Waals surface area contributed by atoms with Gasteiger partial charge in [-0.05, 0) is 65.7 Å². The average Bonchev–Trinajstić information content (AvgIpc) is 3.07. The maximum absolute atomic E-state index is 12.9. The third-order valence-corrected chi connectivity index (χ3v) is 7.25. The first-order chi connectivity index (χ1) is 24.5. The van der Waals surface area contributed by atoms with Crippen LogP contribution in [0.25, 0.3) is 0 Å². The summed E-state index contributed by atoms with van der Waals surface area (Å²) in [7, 11) is 0. The van der Waals surface area contributed by atoms with Crippen molar-refractivity contribution >= 4 is 29.7 Å². The molecular formula is C38H69N5O8.